The summed E-state index contributed by atoms with van der Waals surface area (Å²) in [6.07, 6.45) is 1.69. The number of benzene rings is 2. The molecule has 6 heteroatoms. The van der Waals surface area contributed by atoms with Crippen molar-refractivity contribution in [2.24, 2.45) is 0 Å². The summed E-state index contributed by atoms with van der Waals surface area (Å²) in [5, 5.41) is 22.1. The average molecular weight is 364 g/mol. The van der Waals surface area contributed by atoms with Crippen molar-refractivity contribution in [1.29, 1.82) is 5.26 Å². The molecule has 26 heavy (non-hydrogen) atoms. The Labute approximate surface area is 155 Å². The molecule has 2 aromatic carbocycles. The standard InChI is InChI=1S/C20H16N2O3S/c1-24-17-9-13(10-18(25-2)19(17)23)8-15(11-21)20-22-16(12-26-20)14-6-4-3-5-7-14/h3-10,12,23H,1-2H3. The monoisotopic (exact) mass is 364 g/mol. The Morgan fingerprint density at radius 3 is 2.38 bits per heavy atom. The third-order valence-electron chi connectivity index (χ3n) is 3.74. The maximum atomic E-state index is 10.0. The van der Waals surface area contributed by atoms with E-state index in [1.54, 1.807) is 18.2 Å². The van der Waals surface area contributed by atoms with Gasteiger partial charge < -0.3 is 14.6 Å². The van der Waals surface area contributed by atoms with Gasteiger partial charge in [-0.15, -0.1) is 11.3 Å². The van der Waals surface area contributed by atoms with Crippen LogP contribution < -0.4 is 9.47 Å². The predicted molar refractivity (Wildman–Crippen MR) is 102 cm³/mol. The van der Waals surface area contributed by atoms with Crippen LogP contribution in [0.2, 0.25) is 0 Å². The second-order valence-electron chi connectivity index (χ2n) is 5.35. The van der Waals surface area contributed by atoms with Crippen LogP contribution in [-0.2, 0) is 0 Å². The molecule has 0 aliphatic carbocycles. The smallest absolute Gasteiger partial charge is 0.200 e. The molecule has 130 valence electrons. The van der Waals surface area contributed by atoms with Gasteiger partial charge in [-0.1, -0.05) is 30.3 Å². The number of aromatic hydroxyl groups is 1. The van der Waals surface area contributed by atoms with Crippen LogP contribution in [0, 0.1) is 11.3 Å². The van der Waals surface area contributed by atoms with Gasteiger partial charge in [-0.05, 0) is 23.8 Å². The third kappa shape index (κ3) is 3.53. The van der Waals surface area contributed by atoms with E-state index in [0.717, 1.165) is 11.3 Å². The molecule has 1 N–H and O–H groups in total. The Kier molecular flexibility index (Phi) is 5.20. The number of rotatable bonds is 5. The van der Waals surface area contributed by atoms with Gasteiger partial charge in [-0.2, -0.15) is 5.26 Å². The summed E-state index contributed by atoms with van der Waals surface area (Å²) in [5.41, 5.74) is 2.92. The van der Waals surface area contributed by atoms with E-state index >= 15 is 0 Å². The molecule has 1 aromatic heterocycles. The number of aromatic nitrogens is 1. The van der Waals surface area contributed by atoms with Crippen molar-refractivity contribution in [2.75, 3.05) is 14.2 Å². The lowest BCUT2D eigenvalue weighted by molar-refractivity contribution is 0.340. The van der Waals surface area contributed by atoms with Gasteiger partial charge in [0.25, 0.3) is 0 Å². The quantitative estimate of drug-likeness (QED) is 0.670. The molecule has 5 nitrogen and oxygen atoms in total. The fraction of sp³-hybridized carbons (Fsp3) is 0.100. The number of thiazole rings is 1. The molecule has 0 radical (unpaired) electrons. The van der Waals surface area contributed by atoms with Crippen LogP contribution in [0.15, 0.2) is 47.8 Å². The summed E-state index contributed by atoms with van der Waals surface area (Å²) in [6, 6.07) is 15.3. The van der Waals surface area contributed by atoms with Gasteiger partial charge in [0, 0.05) is 10.9 Å². The molecular formula is C20H16N2O3S. The molecule has 0 fully saturated rings. The number of phenolic OH excluding ortho intramolecular Hbond substituents is 1. The Morgan fingerprint density at radius 1 is 1.15 bits per heavy atom. The molecule has 0 aliphatic rings. The number of nitriles is 1. The summed E-state index contributed by atoms with van der Waals surface area (Å²) in [5.74, 6) is 0.472. The Balaban J connectivity index is 2.00. The highest BCUT2D eigenvalue weighted by molar-refractivity contribution is 7.11. The first-order valence-corrected chi connectivity index (χ1v) is 8.62. The maximum Gasteiger partial charge on any atom is 0.200 e. The molecule has 3 rings (SSSR count). The highest BCUT2D eigenvalue weighted by Crippen LogP contribution is 2.38. The minimum Gasteiger partial charge on any atom is -0.502 e. The molecular weight excluding hydrogens is 348 g/mol. The van der Waals surface area contributed by atoms with Crippen LogP contribution in [0.4, 0.5) is 0 Å². The zero-order valence-corrected chi connectivity index (χ0v) is 15.1. The first kappa shape index (κ1) is 17.5. The predicted octanol–water partition coefficient (Wildman–Crippen LogP) is 4.60. The van der Waals surface area contributed by atoms with Gasteiger partial charge >= 0.3 is 0 Å². The van der Waals surface area contributed by atoms with Gasteiger partial charge in [0.05, 0.1) is 25.5 Å². The molecule has 0 bridgehead atoms. The second kappa shape index (κ2) is 7.72. The summed E-state index contributed by atoms with van der Waals surface area (Å²) in [6.45, 7) is 0. The van der Waals surface area contributed by atoms with Crippen LogP contribution in [0.5, 0.6) is 17.2 Å². The van der Waals surface area contributed by atoms with Crippen LogP contribution in [0.1, 0.15) is 10.6 Å². The number of phenols is 1. The minimum absolute atomic E-state index is 0.0775. The van der Waals surface area contributed by atoms with Crippen molar-refractivity contribution < 1.29 is 14.6 Å². The zero-order valence-electron chi connectivity index (χ0n) is 14.3. The lowest BCUT2D eigenvalue weighted by Crippen LogP contribution is -1.90. The molecule has 3 aromatic rings. The molecule has 0 saturated carbocycles. The van der Waals surface area contributed by atoms with Gasteiger partial charge in [0.1, 0.15) is 11.1 Å². The van der Waals surface area contributed by atoms with Gasteiger partial charge in [-0.3, -0.25) is 0 Å². The first-order valence-electron chi connectivity index (χ1n) is 7.74. The molecule has 0 amide bonds. The fourth-order valence-electron chi connectivity index (χ4n) is 2.44. The van der Waals surface area contributed by atoms with Crippen molar-refractivity contribution in [1.82, 2.24) is 4.98 Å². The number of methoxy groups -OCH3 is 2. The lowest BCUT2D eigenvalue weighted by Gasteiger charge is -2.09. The van der Waals surface area contributed by atoms with E-state index in [0.29, 0.717) is 16.1 Å². The normalized spacial score (nSPS) is 11.0. The number of hydrogen-bond acceptors (Lipinski definition) is 6. The van der Waals surface area contributed by atoms with E-state index in [1.807, 2.05) is 35.7 Å². The topological polar surface area (TPSA) is 75.4 Å². The van der Waals surface area contributed by atoms with E-state index in [2.05, 4.69) is 11.1 Å². The lowest BCUT2D eigenvalue weighted by atomic mass is 10.1. The molecule has 1 heterocycles. The molecule has 0 atom stereocenters. The van der Waals surface area contributed by atoms with Crippen molar-refractivity contribution in [2.45, 2.75) is 0 Å². The largest absolute Gasteiger partial charge is 0.502 e. The Hall–Kier alpha value is -3.30. The van der Waals surface area contributed by atoms with Crippen LogP contribution in [0.3, 0.4) is 0 Å². The van der Waals surface area contributed by atoms with E-state index < -0.39 is 0 Å². The molecule has 0 unspecified atom stereocenters. The highest BCUT2D eigenvalue weighted by atomic mass is 32.1. The van der Waals surface area contributed by atoms with Gasteiger partial charge in [0.2, 0.25) is 5.75 Å². The summed E-state index contributed by atoms with van der Waals surface area (Å²) < 4.78 is 10.3. The Bertz CT molecular complexity index is 963. The number of nitrogens with zero attached hydrogens (tertiary/aromatic N) is 2. The highest BCUT2D eigenvalue weighted by Gasteiger charge is 2.13. The van der Waals surface area contributed by atoms with Crippen molar-refractivity contribution in [3.05, 3.63) is 58.4 Å². The molecule has 0 saturated heterocycles. The van der Waals surface area contributed by atoms with E-state index in [9.17, 15) is 10.4 Å². The van der Waals surface area contributed by atoms with Crippen LogP contribution >= 0.6 is 11.3 Å². The SMILES string of the molecule is COc1cc(C=C(C#N)c2nc(-c3ccccc3)cs2)cc(OC)c1O. The fourth-order valence-corrected chi connectivity index (χ4v) is 3.24. The van der Waals surface area contributed by atoms with Crippen LogP contribution in [0.25, 0.3) is 22.9 Å². The van der Waals surface area contributed by atoms with Gasteiger partial charge in [0.15, 0.2) is 11.5 Å². The average Bonchev–Trinajstić information content (AvgIpc) is 3.17. The number of ether oxygens (including phenoxy) is 2. The van der Waals surface area contributed by atoms with Crippen molar-refractivity contribution in [3.63, 3.8) is 0 Å². The van der Waals surface area contributed by atoms with Crippen molar-refractivity contribution in [3.8, 4) is 34.6 Å². The maximum absolute atomic E-state index is 10.0. The van der Waals surface area contributed by atoms with E-state index in [-0.39, 0.29) is 17.2 Å². The second-order valence-corrected chi connectivity index (χ2v) is 6.21. The van der Waals surface area contributed by atoms with E-state index in [1.165, 1.54) is 25.6 Å². The summed E-state index contributed by atoms with van der Waals surface area (Å²) >= 11 is 1.41. The molecule has 0 aliphatic heterocycles. The summed E-state index contributed by atoms with van der Waals surface area (Å²) in [7, 11) is 2.92. The Morgan fingerprint density at radius 2 is 1.81 bits per heavy atom. The van der Waals surface area contributed by atoms with Crippen molar-refractivity contribution >= 4 is 23.0 Å². The zero-order chi connectivity index (χ0) is 18.5. The summed E-state index contributed by atoms with van der Waals surface area (Å²) in [4.78, 5) is 4.57. The first-order chi connectivity index (χ1) is 12.7. The number of hydrogen-bond donors (Lipinski definition) is 1. The van der Waals surface area contributed by atoms with E-state index in [4.69, 9.17) is 9.47 Å². The minimum atomic E-state index is -0.0775. The third-order valence-corrected chi connectivity index (χ3v) is 4.61. The molecule has 0 spiro atoms. The van der Waals surface area contributed by atoms with Crippen LogP contribution in [-0.4, -0.2) is 24.3 Å². The number of allylic oxidation sites excluding steroid dienone is 1. The van der Waals surface area contributed by atoms with Gasteiger partial charge in [-0.25, -0.2) is 4.98 Å².